The van der Waals surface area contributed by atoms with Crippen LogP contribution in [-0.4, -0.2) is 16.7 Å². The quantitative estimate of drug-likeness (QED) is 0.745. The van der Waals surface area contributed by atoms with Gasteiger partial charge in [0.2, 0.25) is 0 Å². The monoisotopic (exact) mass is 336 g/mol. The van der Waals surface area contributed by atoms with Gasteiger partial charge in [-0.1, -0.05) is 32.0 Å². The Morgan fingerprint density at radius 3 is 2.28 bits per heavy atom. The van der Waals surface area contributed by atoms with Gasteiger partial charge in [0, 0.05) is 18.4 Å². The maximum Gasteiger partial charge on any atom is 0.166 e. The van der Waals surface area contributed by atoms with E-state index in [4.69, 9.17) is 0 Å². The molecular formula is C22H24O3. The second-order valence-corrected chi connectivity index (χ2v) is 6.70. The number of carbonyl (C=O) groups excluding carboxylic acids is 2. The van der Waals surface area contributed by atoms with Crippen molar-refractivity contribution in [1.82, 2.24) is 0 Å². The van der Waals surface area contributed by atoms with E-state index in [1.165, 1.54) is 0 Å². The molecule has 0 aromatic heterocycles. The van der Waals surface area contributed by atoms with Crippen LogP contribution in [-0.2, 0) is 12.8 Å². The predicted molar refractivity (Wildman–Crippen MR) is 99.4 cm³/mol. The minimum Gasteiger partial charge on any atom is -0.507 e. The Labute approximate surface area is 148 Å². The fraction of sp³-hybridized carbons (Fsp3) is 0.364. The lowest BCUT2D eigenvalue weighted by Gasteiger charge is -2.23. The molecule has 0 atom stereocenters. The molecule has 0 aliphatic heterocycles. The molecule has 3 rings (SSSR count). The van der Waals surface area contributed by atoms with Gasteiger partial charge in [-0.25, -0.2) is 0 Å². The van der Waals surface area contributed by atoms with Gasteiger partial charge in [-0.3, -0.25) is 9.59 Å². The smallest absolute Gasteiger partial charge is 0.166 e. The number of ketones is 2. The van der Waals surface area contributed by atoms with Crippen LogP contribution in [0.15, 0.2) is 30.3 Å². The molecule has 1 N–H and O–H groups in total. The molecular weight excluding hydrogens is 312 g/mol. The summed E-state index contributed by atoms with van der Waals surface area (Å²) in [6.07, 6.45) is 4.13. The first-order valence-electron chi connectivity index (χ1n) is 9.11. The molecule has 2 aromatic rings. The number of phenolic OH excluding ortho intramolecular Hbond substituents is 1. The number of hydrogen-bond donors (Lipinski definition) is 1. The van der Waals surface area contributed by atoms with E-state index in [2.05, 4.69) is 0 Å². The van der Waals surface area contributed by atoms with Crippen LogP contribution < -0.4 is 0 Å². The van der Waals surface area contributed by atoms with Crippen LogP contribution in [0.3, 0.4) is 0 Å². The summed E-state index contributed by atoms with van der Waals surface area (Å²) in [6.45, 7) is 3.96. The zero-order valence-electron chi connectivity index (χ0n) is 14.9. The molecule has 1 aliphatic carbocycles. The lowest BCUT2D eigenvalue weighted by atomic mass is 9.81. The number of fused-ring (bicyclic) bond motifs is 3. The van der Waals surface area contributed by atoms with E-state index >= 15 is 0 Å². The van der Waals surface area contributed by atoms with Crippen LogP contribution in [0.25, 0.3) is 11.1 Å². The molecule has 0 unspecified atom stereocenters. The van der Waals surface area contributed by atoms with Crippen LogP contribution in [0.1, 0.15) is 71.4 Å². The third-order valence-corrected chi connectivity index (χ3v) is 4.89. The van der Waals surface area contributed by atoms with Gasteiger partial charge in [0.15, 0.2) is 11.6 Å². The number of rotatable bonds is 6. The molecule has 0 amide bonds. The minimum atomic E-state index is -0.0341. The maximum absolute atomic E-state index is 12.4. The van der Waals surface area contributed by atoms with Gasteiger partial charge in [-0.15, -0.1) is 0 Å². The van der Waals surface area contributed by atoms with E-state index in [9.17, 15) is 14.7 Å². The van der Waals surface area contributed by atoms with Gasteiger partial charge >= 0.3 is 0 Å². The summed E-state index contributed by atoms with van der Waals surface area (Å²) in [7, 11) is 0. The number of Topliss-reactive ketones (excluding diaryl/α,β-unsaturated/α-hetero) is 2. The summed E-state index contributed by atoms with van der Waals surface area (Å²) < 4.78 is 0. The van der Waals surface area contributed by atoms with Crippen LogP contribution in [0.2, 0.25) is 0 Å². The highest BCUT2D eigenvalue weighted by Crippen LogP contribution is 2.39. The van der Waals surface area contributed by atoms with Crippen LogP contribution in [0, 0.1) is 0 Å². The maximum atomic E-state index is 12.4. The Morgan fingerprint density at radius 2 is 1.60 bits per heavy atom. The Kier molecular flexibility index (Phi) is 5.03. The second kappa shape index (κ2) is 7.22. The third kappa shape index (κ3) is 3.23. The summed E-state index contributed by atoms with van der Waals surface area (Å²) in [5.74, 6) is 0.218. The summed E-state index contributed by atoms with van der Waals surface area (Å²) in [5.41, 5.74) is 5.31. The molecule has 0 spiro atoms. The van der Waals surface area contributed by atoms with Crippen LogP contribution in [0.4, 0.5) is 0 Å². The van der Waals surface area contributed by atoms with Crippen molar-refractivity contribution >= 4 is 11.6 Å². The molecule has 0 saturated heterocycles. The van der Waals surface area contributed by atoms with E-state index in [0.29, 0.717) is 18.4 Å². The summed E-state index contributed by atoms with van der Waals surface area (Å²) in [6, 6.07) is 9.38. The first kappa shape index (κ1) is 17.4. The van der Waals surface area contributed by atoms with Gasteiger partial charge in [0.25, 0.3) is 0 Å². The average Bonchev–Trinajstić information content (AvgIpc) is 2.60. The first-order chi connectivity index (χ1) is 12.1. The van der Waals surface area contributed by atoms with E-state index < -0.39 is 0 Å². The SMILES string of the molecule is CCCC(=O)c1cc2c(cc1O)CCc1c(C(=O)CCC)cccc1-2. The van der Waals surface area contributed by atoms with Crippen molar-refractivity contribution in [2.75, 3.05) is 0 Å². The standard InChI is InChI=1S/C22H24O3/c1-3-6-20(23)17-9-5-8-15-16(17)11-10-14-12-22(25)19(13-18(14)15)21(24)7-4-2/h5,8-9,12-13,25H,3-4,6-7,10-11H2,1-2H3. The topological polar surface area (TPSA) is 54.4 Å². The summed E-state index contributed by atoms with van der Waals surface area (Å²) >= 11 is 0. The van der Waals surface area contributed by atoms with Crippen LogP contribution >= 0.6 is 0 Å². The van der Waals surface area contributed by atoms with Crippen molar-refractivity contribution in [2.45, 2.75) is 52.4 Å². The highest BCUT2D eigenvalue weighted by Gasteiger charge is 2.23. The zero-order valence-corrected chi connectivity index (χ0v) is 14.9. The number of carbonyl (C=O) groups is 2. The van der Waals surface area contributed by atoms with Gasteiger partial charge in [0.05, 0.1) is 5.56 Å². The van der Waals surface area contributed by atoms with Gasteiger partial charge in [-0.2, -0.15) is 0 Å². The lowest BCUT2D eigenvalue weighted by Crippen LogP contribution is -2.12. The van der Waals surface area contributed by atoms with Crippen LogP contribution in [0.5, 0.6) is 5.75 Å². The van der Waals surface area contributed by atoms with Crippen molar-refractivity contribution in [3.05, 3.63) is 52.6 Å². The predicted octanol–water partition coefficient (Wildman–Crippen LogP) is 5.12. The number of hydrogen-bond acceptors (Lipinski definition) is 3. The largest absolute Gasteiger partial charge is 0.507 e. The fourth-order valence-corrected chi connectivity index (χ4v) is 3.67. The fourth-order valence-electron chi connectivity index (χ4n) is 3.67. The number of aryl methyl sites for hydroxylation is 1. The molecule has 2 aromatic carbocycles. The van der Waals surface area contributed by atoms with Crippen molar-refractivity contribution in [3.63, 3.8) is 0 Å². The molecule has 3 nitrogen and oxygen atoms in total. The highest BCUT2D eigenvalue weighted by molar-refractivity contribution is 6.02. The minimum absolute atomic E-state index is 0.0341. The Bertz CT molecular complexity index is 833. The van der Waals surface area contributed by atoms with E-state index in [-0.39, 0.29) is 17.3 Å². The zero-order chi connectivity index (χ0) is 18.0. The lowest BCUT2D eigenvalue weighted by molar-refractivity contribution is 0.0971. The second-order valence-electron chi connectivity index (χ2n) is 6.70. The first-order valence-corrected chi connectivity index (χ1v) is 9.11. The molecule has 0 fully saturated rings. The number of phenols is 1. The molecule has 130 valence electrons. The van der Waals surface area contributed by atoms with Crippen molar-refractivity contribution < 1.29 is 14.7 Å². The molecule has 3 heteroatoms. The molecule has 0 saturated carbocycles. The summed E-state index contributed by atoms with van der Waals surface area (Å²) in [4.78, 5) is 24.8. The van der Waals surface area contributed by atoms with Gasteiger partial charge in [-0.05, 0) is 60.1 Å². The molecule has 1 aliphatic rings. The third-order valence-electron chi connectivity index (χ3n) is 4.89. The van der Waals surface area contributed by atoms with Crippen molar-refractivity contribution in [1.29, 1.82) is 0 Å². The Balaban J connectivity index is 2.12. The van der Waals surface area contributed by atoms with Crippen molar-refractivity contribution in [2.24, 2.45) is 0 Å². The Hall–Kier alpha value is -2.42. The Morgan fingerprint density at radius 1 is 0.920 bits per heavy atom. The van der Waals surface area contributed by atoms with Crippen molar-refractivity contribution in [3.8, 4) is 16.9 Å². The molecule has 25 heavy (non-hydrogen) atoms. The number of aromatic hydroxyl groups is 1. The highest BCUT2D eigenvalue weighted by atomic mass is 16.3. The van der Waals surface area contributed by atoms with E-state index in [1.54, 1.807) is 6.07 Å². The van der Waals surface area contributed by atoms with Gasteiger partial charge in [0.1, 0.15) is 5.75 Å². The molecule has 0 bridgehead atoms. The molecule has 0 heterocycles. The van der Waals surface area contributed by atoms with E-state index in [1.807, 2.05) is 38.1 Å². The normalized spacial score (nSPS) is 12.4. The molecule has 0 radical (unpaired) electrons. The van der Waals surface area contributed by atoms with Gasteiger partial charge < -0.3 is 5.11 Å². The number of benzene rings is 2. The van der Waals surface area contributed by atoms with E-state index in [0.717, 1.165) is 53.5 Å². The summed E-state index contributed by atoms with van der Waals surface area (Å²) in [5, 5.41) is 10.2. The average molecular weight is 336 g/mol.